The molecular weight excluding hydrogens is 1050 g/mol. The van der Waals surface area contributed by atoms with Crippen molar-refractivity contribution in [2.45, 2.75) is 251 Å². The lowest BCUT2D eigenvalue weighted by Gasteiger charge is -2.21. The second-order valence-electron chi connectivity index (χ2n) is 20.5. The lowest BCUT2D eigenvalue weighted by atomic mass is 10.1. The summed E-state index contributed by atoms with van der Waals surface area (Å²) >= 11 is 0. The van der Waals surface area contributed by atoms with E-state index in [-0.39, 0.29) is 25.9 Å². The van der Waals surface area contributed by atoms with Crippen LogP contribution in [0.25, 0.3) is 0 Å². The maximum absolute atomic E-state index is 13.0. The fourth-order valence-electron chi connectivity index (χ4n) is 7.99. The first kappa shape index (κ1) is 77.4. The van der Waals surface area contributed by atoms with Gasteiger partial charge in [0.1, 0.15) is 12.7 Å². The van der Waals surface area contributed by atoms with Crippen molar-refractivity contribution >= 4 is 25.7 Å². The Morgan fingerprint density at radius 3 is 1.05 bits per heavy atom. The molecule has 464 valence electrons. The highest BCUT2D eigenvalue weighted by Gasteiger charge is 2.28. The Kier molecular flexibility index (Phi) is 58.9. The van der Waals surface area contributed by atoms with E-state index < -0.39 is 57.8 Å². The average Bonchev–Trinajstić information content (AvgIpc) is 3.50. The van der Waals surface area contributed by atoms with Crippen LogP contribution in [0.1, 0.15) is 239 Å². The van der Waals surface area contributed by atoms with E-state index >= 15 is 0 Å². The number of phosphoric acid groups is 1. The summed E-state index contributed by atoms with van der Waals surface area (Å²) in [5, 5.41) is 9.85. The van der Waals surface area contributed by atoms with Gasteiger partial charge in [-0.15, -0.1) is 0 Å². The van der Waals surface area contributed by atoms with E-state index in [9.17, 15) is 28.9 Å². The summed E-state index contributed by atoms with van der Waals surface area (Å²) in [6.45, 7) is 4.28. The summed E-state index contributed by atoms with van der Waals surface area (Å²) in [5.41, 5.74) is 0. The monoisotopic (exact) mass is 1160 g/mol. The van der Waals surface area contributed by atoms with E-state index in [1.165, 1.54) is 57.8 Å². The van der Waals surface area contributed by atoms with Crippen molar-refractivity contribution in [3.05, 3.63) is 146 Å². The van der Waals surface area contributed by atoms with E-state index in [2.05, 4.69) is 154 Å². The van der Waals surface area contributed by atoms with Gasteiger partial charge in [0.2, 0.25) is 0 Å². The minimum Gasteiger partial charge on any atom is -0.462 e. The van der Waals surface area contributed by atoms with Gasteiger partial charge in [0, 0.05) is 19.3 Å². The standard InChI is InChI=1S/C70H113O11P/c1-4-7-10-13-16-19-22-25-28-31-33-36-38-41-44-47-50-53-56-59-68(72)77-63-67(81-70(74)61-58-55-52-49-46-43-40-37-34-32-29-26-23-20-17-14-11-8-5-2)65-79-82(75,76)78-64-66(62-71)80-69(73)60-57-54-51-48-45-42-39-35-30-27-24-21-18-15-12-9-6-3/h8-9,11-12,16-21,25-30,34,37,39,42-43,46,52,55,66-67,71H,4-7,10,13-15,22-24,31-33,35-36,38,40-41,44-45,47-51,53-54,56-65H2,1-3H3,(H,75,76)/b11-8-,12-9-,19-16-,20-17-,21-18-,28-25-,29-26-,30-27-,37-34-,42-39-,46-43-,55-52-. The lowest BCUT2D eigenvalue weighted by molar-refractivity contribution is -0.161. The normalized spacial score (nSPS) is 14.3. The van der Waals surface area contributed by atoms with Crippen molar-refractivity contribution in [2.24, 2.45) is 0 Å². The maximum Gasteiger partial charge on any atom is 0.472 e. The number of carbonyl (C=O) groups excluding carboxylic acids is 3. The molecule has 0 radical (unpaired) electrons. The van der Waals surface area contributed by atoms with Crippen LogP contribution in [0.2, 0.25) is 0 Å². The number of aliphatic hydroxyl groups is 1. The summed E-state index contributed by atoms with van der Waals surface area (Å²) in [6, 6.07) is 0. The predicted octanol–water partition coefficient (Wildman–Crippen LogP) is 19.5. The molecule has 0 aliphatic rings. The number of hydrogen-bond acceptors (Lipinski definition) is 10. The SMILES string of the molecule is CC/C=C\C/C=C\C/C=C\C/C=C\C/C=C\C/C=C\CCC(=O)OC(COC(=O)CCCCCCCCCCC/C=C\C/C=C\CCCCC)COP(=O)(O)OCC(CO)OC(=O)CCCCCC/C=C\C/C=C\C/C=C\C/C=C\CC. The number of esters is 3. The third-order valence-corrected chi connectivity index (χ3v) is 13.7. The van der Waals surface area contributed by atoms with Gasteiger partial charge in [0.15, 0.2) is 6.10 Å². The molecule has 0 amide bonds. The molecule has 0 fully saturated rings. The molecule has 0 saturated heterocycles. The van der Waals surface area contributed by atoms with Gasteiger partial charge < -0.3 is 24.2 Å². The van der Waals surface area contributed by atoms with E-state index in [0.29, 0.717) is 25.7 Å². The minimum atomic E-state index is -4.79. The van der Waals surface area contributed by atoms with E-state index in [1.807, 2.05) is 12.2 Å². The van der Waals surface area contributed by atoms with Gasteiger partial charge in [-0.05, 0) is 128 Å². The smallest absolute Gasteiger partial charge is 0.462 e. The minimum absolute atomic E-state index is 0.0319. The zero-order valence-electron chi connectivity index (χ0n) is 51.4. The highest BCUT2D eigenvalue weighted by Crippen LogP contribution is 2.43. The average molecular weight is 1160 g/mol. The van der Waals surface area contributed by atoms with Crippen molar-refractivity contribution in [1.82, 2.24) is 0 Å². The van der Waals surface area contributed by atoms with E-state index in [0.717, 1.165) is 116 Å². The second kappa shape index (κ2) is 62.4. The Morgan fingerprint density at radius 2 is 0.659 bits per heavy atom. The summed E-state index contributed by atoms with van der Waals surface area (Å²) in [4.78, 5) is 48.7. The lowest BCUT2D eigenvalue weighted by Crippen LogP contribution is -2.30. The highest BCUT2D eigenvalue weighted by atomic mass is 31.2. The zero-order chi connectivity index (χ0) is 59.8. The molecule has 0 aromatic heterocycles. The maximum atomic E-state index is 13.0. The van der Waals surface area contributed by atoms with Crippen LogP contribution < -0.4 is 0 Å². The van der Waals surface area contributed by atoms with Crippen molar-refractivity contribution < 1.29 is 52.2 Å². The molecule has 2 N–H and O–H groups in total. The summed E-state index contributed by atoms with van der Waals surface area (Å²) in [6.07, 6.45) is 81.0. The summed E-state index contributed by atoms with van der Waals surface area (Å²) in [5.74, 6) is -1.61. The highest BCUT2D eigenvalue weighted by molar-refractivity contribution is 7.47. The van der Waals surface area contributed by atoms with Crippen LogP contribution in [0.5, 0.6) is 0 Å². The van der Waals surface area contributed by atoms with Gasteiger partial charge >= 0.3 is 25.7 Å². The number of allylic oxidation sites excluding steroid dienone is 24. The van der Waals surface area contributed by atoms with Gasteiger partial charge in [-0.25, -0.2) is 4.57 Å². The van der Waals surface area contributed by atoms with Crippen LogP contribution >= 0.6 is 7.82 Å². The molecule has 82 heavy (non-hydrogen) atoms. The van der Waals surface area contributed by atoms with Gasteiger partial charge in [0.25, 0.3) is 0 Å². The number of hydrogen-bond donors (Lipinski definition) is 2. The molecule has 0 aliphatic carbocycles. The third-order valence-electron chi connectivity index (χ3n) is 12.7. The Labute approximate surface area is 499 Å². The van der Waals surface area contributed by atoms with Crippen molar-refractivity contribution in [3.63, 3.8) is 0 Å². The molecule has 3 unspecified atom stereocenters. The molecule has 0 rings (SSSR count). The topological polar surface area (TPSA) is 155 Å². The number of phosphoric ester groups is 1. The van der Waals surface area contributed by atoms with Gasteiger partial charge in [-0.2, -0.15) is 0 Å². The Morgan fingerprint density at radius 1 is 0.354 bits per heavy atom. The van der Waals surface area contributed by atoms with E-state index in [1.54, 1.807) is 0 Å². The molecule has 0 aromatic rings. The van der Waals surface area contributed by atoms with Crippen LogP contribution in [0.15, 0.2) is 146 Å². The summed E-state index contributed by atoms with van der Waals surface area (Å²) < 4.78 is 39.6. The number of carbonyl (C=O) groups is 3. The molecule has 0 spiro atoms. The summed E-state index contributed by atoms with van der Waals surface area (Å²) in [7, 11) is -4.79. The van der Waals surface area contributed by atoms with Gasteiger partial charge in [-0.1, -0.05) is 237 Å². The first-order valence-electron chi connectivity index (χ1n) is 31.7. The number of unbranched alkanes of at least 4 members (excludes halogenated alkanes) is 16. The fourth-order valence-corrected chi connectivity index (χ4v) is 8.77. The Hall–Kier alpha value is -4.64. The van der Waals surface area contributed by atoms with Crippen LogP contribution in [-0.4, -0.2) is 66.5 Å². The molecular formula is C70H113O11P. The van der Waals surface area contributed by atoms with Gasteiger partial charge in [0.05, 0.1) is 19.8 Å². The third kappa shape index (κ3) is 60.0. The van der Waals surface area contributed by atoms with Crippen LogP contribution in [0.4, 0.5) is 0 Å². The molecule has 0 bridgehead atoms. The van der Waals surface area contributed by atoms with Crippen LogP contribution in [0.3, 0.4) is 0 Å². The molecule has 12 heteroatoms. The van der Waals surface area contributed by atoms with E-state index in [4.69, 9.17) is 23.3 Å². The van der Waals surface area contributed by atoms with Crippen LogP contribution in [0, 0.1) is 0 Å². The predicted molar refractivity (Wildman–Crippen MR) is 343 cm³/mol. The molecule has 0 heterocycles. The quantitative estimate of drug-likeness (QED) is 0.0197. The van der Waals surface area contributed by atoms with Crippen molar-refractivity contribution in [3.8, 4) is 0 Å². The molecule has 0 aliphatic heterocycles. The molecule has 0 saturated carbocycles. The first-order chi connectivity index (χ1) is 40.2. The second-order valence-corrected chi connectivity index (χ2v) is 21.9. The number of aliphatic hydroxyl groups excluding tert-OH is 1. The molecule has 0 aromatic carbocycles. The fraction of sp³-hybridized carbons (Fsp3) is 0.614. The molecule has 11 nitrogen and oxygen atoms in total. The number of rotatable bonds is 57. The largest absolute Gasteiger partial charge is 0.472 e. The Bertz CT molecular complexity index is 1930. The Balaban J connectivity index is 4.86. The zero-order valence-corrected chi connectivity index (χ0v) is 52.3. The van der Waals surface area contributed by atoms with Crippen molar-refractivity contribution in [1.29, 1.82) is 0 Å². The van der Waals surface area contributed by atoms with Gasteiger partial charge in [-0.3, -0.25) is 23.4 Å². The molecule has 3 atom stereocenters. The van der Waals surface area contributed by atoms with Crippen LogP contribution in [-0.2, 0) is 42.2 Å². The number of ether oxygens (including phenoxy) is 3. The van der Waals surface area contributed by atoms with Crippen molar-refractivity contribution in [2.75, 3.05) is 26.4 Å². The first-order valence-corrected chi connectivity index (χ1v) is 33.2.